The molecule has 0 spiro atoms. The van der Waals surface area contributed by atoms with Gasteiger partial charge in [-0.3, -0.25) is 4.79 Å². The van der Waals surface area contributed by atoms with Crippen molar-refractivity contribution in [1.29, 1.82) is 0 Å². The SMILES string of the molecule is CC1(C)CC[C@]2(C(=O)O)CC[C@]3(C)C(=CC[C@@H]4[C@@]5(C)C[C@@H](O)[C@H]6OC(=O)c7cc(O)c(O)c(O)c7-c7c(cc(O)c(O)c7O)C(=O)OC[C@]6(CO)C5CC[C@]43C)[C@H]2C1. The summed E-state index contributed by atoms with van der Waals surface area (Å²) in [7, 11) is 0. The third kappa shape index (κ3) is 5.05. The number of phenols is 6. The van der Waals surface area contributed by atoms with Crippen molar-refractivity contribution in [3.05, 3.63) is 34.9 Å². The van der Waals surface area contributed by atoms with Crippen molar-refractivity contribution in [1.82, 2.24) is 0 Å². The largest absolute Gasteiger partial charge is 0.504 e. The number of rotatable bonds is 2. The fourth-order valence-corrected chi connectivity index (χ4v) is 13.6. The van der Waals surface area contributed by atoms with Gasteiger partial charge in [-0.2, -0.15) is 0 Å². The number of aliphatic carboxylic acids is 1. The number of aromatic hydroxyl groups is 6. The van der Waals surface area contributed by atoms with Gasteiger partial charge < -0.3 is 55.4 Å². The number of hydrogen-bond acceptors (Lipinski definition) is 13. The minimum absolute atomic E-state index is 0.0274. The third-order valence-electron chi connectivity index (χ3n) is 16.8. The van der Waals surface area contributed by atoms with Crippen LogP contribution in [0.1, 0.15) is 113 Å². The van der Waals surface area contributed by atoms with Gasteiger partial charge in [0.25, 0.3) is 0 Å². The fourth-order valence-electron chi connectivity index (χ4n) is 13.6. The Morgan fingerprint density at radius 3 is 1.95 bits per heavy atom. The highest BCUT2D eigenvalue weighted by Gasteiger charge is 2.72. The standard InChI is InChI=1S/C44H54O14/c1-39(2)10-12-43(38(55)56)13-11-41(4)22(23(43)16-39)6-7-27-40(3)17-26(48)35-44(18-45,28(40)8-9-42(27,41)5)19-57-36(53)20-14-24(46)31(49)33(51)29(20)30-21(37(54)58-35)15-25(47)32(50)34(30)52/h6,14-15,23,26-28,35,45-52H,7-13,16-19H2,1-5H3,(H,55,56)/t23-,26-,27-,28?,35-,40-,41-,42-,43+,44-/m1/s1. The van der Waals surface area contributed by atoms with Gasteiger partial charge in [0.15, 0.2) is 23.0 Å². The van der Waals surface area contributed by atoms with E-state index < -0.39 is 122 Å². The third-order valence-corrected chi connectivity index (χ3v) is 16.8. The summed E-state index contributed by atoms with van der Waals surface area (Å²) in [5.41, 5.74) is -5.59. The molecule has 4 saturated carbocycles. The second-order valence-electron chi connectivity index (χ2n) is 19.8. The van der Waals surface area contributed by atoms with Gasteiger partial charge >= 0.3 is 17.9 Å². The van der Waals surface area contributed by atoms with Crippen molar-refractivity contribution < 1.29 is 69.8 Å². The molecular weight excluding hydrogens is 752 g/mol. The summed E-state index contributed by atoms with van der Waals surface area (Å²) in [6, 6.07) is 1.49. The zero-order valence-corrected chi connectivity index (χ0v) is 33.5. The first-order valence-corrected chi connectivity index (χ1v) is 20.2. The van der Waals surface area contributed by atoms with E-state index in [2.05, 4.69) is 40.7 Å². The van der Waals surface area contributed by atoms with E-state index in [9.17, 15) is 60.3 Å². The van der Waals surface area contributed by atoms with Crippen LogP contribution in [0.15, 0.2) is 23.8 Å². The number of allylic oxidation sites excluding steroid dienone is 2. The summed E-state index contributed by atoms with van der Waals surface area (Å²) < 4.78 is 12.0. The molecule has 0 bridgehead atoms. The number of carboxylic acid groups (broad SMARTS) is 1. The highest BCUT2D eigenvalue weighted by molar-refractivity contribution is 6.08. The zero-order valence-electron chi connectivity index (χ0n) is 33.5. The molecule has 14 nitrogen and oxygen atoms in total. The molecule has 0 amide bonds. The lowest BCUT2D eigenvalue weighted by Crippen LogP contribution is -2.70. The number of esters is 2. The van der Waals surface area contributed by atoms with Crippen LogP contribution in [0.2, 0.25) is 0 Å². The van der Waals surface area contributed by atoms with Crippen molar-refractivity contribution in [2.24, 2.45) is 50.2 Å². The average Bonchev–Trinajstić information content (AvgIpc) is 3.17. The first-order chi connectivity index (χ1) is 27.0. The Kier molecular flexibility index (Phi) is 8.75. The predicted molar refractivity (Wildman–Crippen MR) is 205 cm³/mol. The molecule has 1 unspecified atom stereocenters. The number of benzene rings is 2. The number of fused-ring (bicyclic) bond motifs is 12. The molecule has 6 aliphatic rings. The molecule has 4 fully saturated rings. The first kappa shape index (κ1) is 40.1. The number of aliphatic hydroxyl groups is 2. The summed E-state index contributed by atoms with van der Waals surface area (Å²) in [4.78, 5) is 41.6. The van der Waals surface area contributed by atoms with E-state index in [1.54, 1.807) is 0 Å². The molecular formula is C44H54O14. The second kappa shape index (κ2) is 12.7. The van der Waals surface area contributed by atoms with Gasteiger partial charge in [0.05, 0.1) is 34.7 Å². The number of hydrogen-bond donors (Lipinski definition) is 9. The summed E-state index contributed by atoms with van der Waals surface area (Å²) in [5, 5.41) is 98.8. The Bertz CT molecular complexity index is 2180. The summed E-state index contributed by atoms with van der Waals surface area (Å²) >= 11 is 0. The molecule has 58 heavy (non-hydrogen) atoms. The van der Waals surface area contributed by atoms with Crippen molar-refractivity contribution in [2.75, 3.05) is 13.2 Å². The Balaban J connectivity index is 1.26. The smallest absolute Gasteiger partial charge is 0.339 e. The van der Waals surface area contributed by atoms with Crippen LogP contribution >= 0.6 is 0 Å². The highest BCUT2D eigenvalue weighted by atomic mass is 16.6. The molecule has 1 aliphatic heterocycles. The van der Waals surface area contributed by atoms with Crippen molar-refractivity contribution in [2.45, 2.75) is 105 Å². The average molecular weight is 807 g/mol. The van der Waals surface area contributed by atoms with E-state index in [1.807, 2.05) is 0 Å². The van der Waals surface area contributed by atoms with E-state index in [-0.39, 0.29) is 34.5 Å². The predicted octanol–water partition coefficient (Wildman–Crippen LogP) is 6.09. The zero-order chi connectivity index (χ0) is 42.3. The van der Waals surface area contributed by atoms with Crippen LogP contribution in [0.4, 0.5) is 0 Å². The molecule has 0 aromatic heterocycles. The minimum atomic E-state index is -1.63. The first-order valence-electron chi connectivity index (χ1n) is 20.2. The monoisotopic (exact) mass is 806 g/mol. The maximum Gasteiger partial charge on any atom is 0.339 e. The number of carboxylic acids is 1. The van der Waals surface area contributed by atoms with E-state index in [0.717, 1.165) is 25.0 Å². The van der Waals surface area contributed by atoms with Crippen LogP contribution in [0.5, 0.6) is 34.5 Å². The van der Waals surface area contributed by atoms with E-state index >= 15 is 0 Å². The molecule has 10 atom stereocenters. The summed E-state index contributed by atoms with van der Waals surface area (Å²) in [6.45, 7) is 9.70. The van der Waals surface area contributed by atoms with Gasteiger partial charge in [-0.05, 0) is 109 Å². The van der Waals surface area contributed by atoms with Crippen LogP contribution in [0.25, 0.3) is 11.1 Å². The van der Waals surface area contributed by atoms with Crippen LogP contribution in [-0.4, -0.2) is 89.3 Å². The van der Waals surface area contributed by atoms with E-state index in [1.165, 1.54) is 5.57 Å². The molecule has 9 N–H and O–H groups in total. The maximum absolute atomic E-state index is 14.3. The van der Waals surface area contributed by atoms with E-state index in [0.29, 0.717) is 38.5 Å². The number of carbonyl (C=O) groups is 3. The normalized spacial score (nSPS) is 38.9. The lowest BCUT2D eigenvalue weighted by atomic mass is 9.33. The van der Waals surface area contributed by atoms with Gasteiger partial charge in [0, 0.05) is 11.1 Å². The molecule has 314 valence electrons. The van der Waals surface area contributed by atoms with Crippen LogP contribution in [0.3, 0.4) is 0 Å². The molecule has 14 heteroatoms. The molecule has 8 rings (SSSR count). The van der Waals surface area contributed by atoms with Crippen LogP contribution in [0, 0.1) is 50.2 Å². The summed E-state index contributed by atoms with van der Waals surface area (Å²) in [6.07, 6.45) is 4.51. The van der Waals surface area contributed by atoms with Crippen molar-refractivity contribution >= 4 is 17.9 Å². The quantitative estimate of drug-likeness (QED) is 0.0946. The number of phenolic OH excluding ortho intramolecular Hbond substituents is 6. The second-order valence-corrected chi connectivity index (χ2v) is 19.8. The summed E-state index contributed by atoms with van der Waals surface area (Å²) in [5.74, 6) is -10.5. The lowest BCUT2D eigenvalue weighted by Gasteiger charge is -2.71. The Morgan fingerprint density at radius 1 is 0.776 bits per heavy atom. The van der Waals surface area contributed by atoms with Gasteiger partial charge in [-0.25, -0.2) is 9.59 Å². The highest BCUT2D eigenvalue weighted by Crippen LogP contribution is 2.76. The number of aliphatic hydroxyl groups excluding tert-OH is 2. The Labute approximate surface area is 335 Å². The Morgan fingerprint density at radius 2 is 1.36 bits per heavy atom. The number of carbonyl (C=O) groups excluding carboxylic acids is 2. The van der Waals surface area contributed by atoms with Gasteiger partial charge in [-0.1, -0.05) is 46.3 Å². The maximum atomic E-state index is 14.3. The van der Waals surface area contributed by atoms with Crippen LogP contribution < -0.4 is 0 Å². The molecule has 5 aliphatic carbocycles. The van der Waals surface area contributed by atoms with Gasteiger partial charge in [-0.15, -0.1) is 0 Å². The minimum Gasteiger partial charge on any atom is -0.504 e. The van der Waals surface area contributed by atoms with Crippen molar-refractivity contribution in [3.8, 4) is 45.6 Å². The number of ether oxygens (including phenoxy) is 2. The molecule has 0 saturated heterocycles. The van der Waals surface area contributed by atoms with Gasteiger partial charge in [0.1, 0.15) is 12.7 Å². The number of cyclic esters (lactones) is 1. The molecule has 2 aromatic carbocycles. The Hall–Kier alpha value is -4.69. The van der Waals surface area contributed by atoms with Crippen LogP contribution in [-0.2, 0) is 14.3 Å². The molecule has 1 heterocycles. The van der Waals surface area contributed by atoms with Crippen molar-refractivity contribution in [3.63, 3.8) is 0 Å². The topological polar surface area (TPSA) is 252 Å². The molecule has 2 aromatic rings. The van der Waals surface area contributed by atoms with E-state index in [4.69, 9.17) is 9.47 Å². The molecule has 0 radical (unpaired) electrons. The lowest BCUT2D eigenvalue weighted by molar-refractivity contribution is -0.256. The van der Waals surface area contributed by atoms with Gasteiger partial charge in [0.2, 0.25) is 11.5 Å². The fraction of sp³-hybridized carbons (Fsp3) is 0.614.